The van der Waals surface area contributed by atoms with Gasteiger partial charge in [0.15, 0.2) is 0 Å². The zero-order valence-electron chi connectivity index (χ0n) is 23.2. The van der Waals surface area contributed by atoms with Crippen molar-refractivity contribution >= 4 is 35.8 Å². The van der Waals surface area contributed by atoms with E-state index < -0.39 is 24.0 Å². The molecule has 0 bridgehead atoms. The second-order valence-electron chi connectivity index (χ2n) is 10.4. The van der Waals surface area contributed by atoms with Crippen molar-refractivity contribution < 1.29 is 19.8 Å². The lowest BCUT2D eigenvalue weighted by atomic mass is 9.82. The first-order valence-electron chi connectivity index (χ1n) is 13.9. The van der Waals surface area contributed by atoms with Crippen molar-refractivity contribution in [2.75, 3.05) is 12.0 Å². The van der Waals surface area contributed by atoms with Crippen molar-refractivity contribution in [2.45, 2.75) is 57.6 Å². The summed E-state index contributed by atoms with van der Waals surface area (Å²) >= 11 is 1.55. The summed E-state index contributed by atoms with van der Waals surface area (Å²) in [4.78, 5) is 29.4. The lowest BCUT2D eigenvalue weighted by Gasteiger charge is -2.27. The van der Waals surface area contributed by atoms with E-state index in [1.807, 2.05) is 67.8 Å². The molecule has 4 rings (SSSR count). The molecule has 0 spiro atoms. The zero-order chi connectivity index (χ0) is 28.5. The predicted molar refractivity (Wildman–Crippen MR) is 163 cm³/mol. The molecule has 1 aromatic heterocycles. The Balaban J connectivity index is 1.66. The molecule has 1 aliphatic rings. The Morgan fingerprint density at radius 2 is 1.85 bits per heavy atom. The summed E-state index contributed by atoms with van der Waals surface area (Å²) in [5, 5.41) is 23.5. The third-order valence-corrected chi connectivity index (χ3v) is 8.34. The van der Waals surface area contributed by atoms with Crippen molar-refractivity contribution in [1.29, 1.82) is 0 Å². The number of pyridine rings is 1. The number of carbonyl (C=O) groups excluding carboxylic acids is 1. The summed E-state index contributed by atoms with van der Waals surface area (Å²) in [5.41, 5.74) is 5.73. The van der Waals surface area contributed by atoms with Crippen LogP contribution in [0.5, 0.6) is 0 Å². The van der Waals surface area contributed by atoms with E-state index in [0.29, 0.717) is 17.7 Å². The van der Waals surface area contributed by atoms with Gasteiger partial charge < -0.3 is 15.5 Å². The maximum Gasteiger partial charge on any atom is 0.326 e. The Morgan fingerprint density at radius 1 is 1.07 bits per heavy atom. The van der Waals surface area contributed by atoms with E-state index >= 15 is 0 Å². The average Bonchev–Trinajstić information content (AvgIpc) is 2.98. The minimum atomic E-state index is -1.04. The fraction of sp³-hybridized carbons (Fsp3) is 0.364. The largest absolute Gasteiger partial charge is 0.480 e. The number of aliphatic hydroxyl groups excluding tert-OH is 1. The summed E-state index contributed by atoms with van der Waals surface area (Å²) in [6.45, 7) is 1.99. The van der Waals surface area contributed by atoms with Crippen molar-refractivity contribution in [3.63, 3.8) is 0 Å². The highest BCUT2D eigenvalue weighted by Gasteiger charge is 2.25. The van der Waals surface area contributed by atoms with Crippen LogP contribution in [-0.2, 0) is 4.79 Å². The summed E-state index contributed by atoms with van der Waals surface area (Å²) in [6, 6.07) is 14.4. The third-order valence-electron chi connectivity index (χ3n) is 7.70. The summed E-state index contributed by atoms with van der Waals surface area (Å²) in [7, 11) is 0. The van der Waals surface area contributed by atoms with Gasteiger partial charge >= 0.3 is 5.97 Å². The number of aromatic nitrogens is 1. The number of rotatable bonds is 11. The Bertz CT molecular complexity index is 1350. The van der Waals surface area contributed by atoms with Gasteiger partial charge in [-0.1, -0.05) is 61.7 Å². The van der Waals surface area contributed by atoms with Crippen LogP contribution in [0, 0.1) is 12.8 Å². The van der Waals surface area contributed by atoms with E-state index in [-0.39, 0.29) is 5.92 Å². The highest BCUT2D eigenvalue weighted by molar-refractivity contribution is 7.98. The summed E-state index contributed by atoms with van der Waals surface area (Å²) in [6.07, 6.45) is 14.8. The number of thioether (sulfide) groups is 1. The predicted octanol–water partition coefficient (Wildman–Crippen LogP) is 6.78. The van der Waals surface area contributed by atoms with Crippen LogP contribution in [-0.4, -0.2) is 45.1 Å². The van der Waals surface area contributed by atoms with Gasteiger partial charge in [0.1, 0.15) is 6.04 Å². The molecular weight excluding hydrogens is 520 g/mol. The highest BCUT2D eigenvalue weighted by Crippen LogP contribution is 2.36. The first-order chi connectivity index (χ1) is 19.4. The van der Waals surface area contributed by atoms with Crippen LogP contribution >= 0.6 is 11.8 Å². The molecule has 2 aromatic carbocycles. The standard InChI is InChI=1S/C33H38N2O4S/c1-22-8-6-7-11-26(22)29-20-23(13-15-28(29)32(37)35-30(33(38)39)17-19-40-2)12-14-25-21-34-18-16-27(25)31(36)24-9-4-3-5-10-24/h6-8,11-16,18,20-21,24,30-31,36H,3-5,9-10,17,19H2,1-2H3,(H,35,37)(H,38,39)/b14-12+/t30-,31?/m0/s1. The smallest absolute Gasteiger partial charge is 0.326 e. The number of carbonyl (C=O) groups is 2. The number of hydrogen-bond donors (Lipinski definition) is 3. The Labute approximate surface area is 240 Å². The molecule has 3 aromatic rings. The maximum absolute atomic E-state index is 13.4. The highest BCUT2D eigenvalue weighted by atomic mass is 32.2. The number of amides is 1. The molecule has 3 N–H and O–H groups in total. The second-order valence-corrected chi connectivity index (χ2v) is 11.4. The molecule has 1 heterocycles. The number of nitrogens with one attached hydrogen (secondary N) is 1. The van der Waals surface area contributed by atoms with Gasteiger partial charge in [0.05, 0.1) is 6.10 Å². The fourth-order valence-corrected chi connectivity index (χ4v) is 5.88. The lowest BCUT2D eigenvalue weighted by Crippen LogP contribution is -2.41. The van der Waals surface area contributed by atoms with Crippen molar-refractivity contribution in [2.24, 2.45) is 5.92 Å². The molecule has 1 aliphatic carbocycles. The van der Waals surface area contributed by atoms with Gasteiger partial charge in [-0.25, -0.2) is 4.79 Å². The summed E-state index contributed by atoms with van der Waals surface area (Å²) in [5.74, 6) is -0.550. The molecule has 1 saturated carbocycles. The molecule has 0 aliphatic heterocycles. The van der Waals surface area contributed by atoms with Gasteiger partial charge in [0.2, 0.25) is 0 Å². The number of hydrogen-bond acceptors (Lipinski definition) is 5. The van der Waals surface area contributed by atoms with Crippen molar-refractivity contribution in [3.05, 3.63) is 88.7 Å². The van der Waals surface area contributed by atoms with Crippen LogP contribution in [0.2, 0.25) is 0 Å². The van der Waals surface area contributed by atoms with Crippen LogP contribution in [0.15, 0.2) is 60.9 Å². The maximum atomic E-state index is 13.4. The number of benzene rings is 2. The van der Waals surface area contributed by atoms with E-state index in [9.17, 15) is 19.8 Å². The monoisotopic (exact) mass is 558 g/mol. The number of aliphatic hydroxyl groups is 1. The van der Waals surface area contributed by atoms with Crippen LogP contribution in [0.1, 0.15) is 77.2 Å². The lowest BCUT2D eigenvalue weighted by molar-refractivity contribution is -0.139. The van der Waals surface area contributed by atoms with E-state index in [0.717, 1.165) is 59.1 Å². The van der Waals surface area contributed by atoms with E-state index in [1.165, 1.54) is 6.42 Å². The third kappa shape index (κ3) is 7.40. The van der Waals surface area contributed by atoms with E-state index in [4.69, 9.17) is 0 Å². The molecule has 1 unspecified atom stereocenters. The SMILES string of the molecule is CSCC[C@H](NC(=O)c1ccc(/C=C/c2cnccc2C(O)C2CCCCC2)cc1-c1ccccc1C)C(=O)O. The average molecular weight is 559 g/mol. The van der Waals surface area contributed by atoms with Gasteiger partial charge in [0, 0.05) is 18.0 Å². The van der Waals surface area contributed by atoms with Crippen molar-refractivity contribution in [1.82, 2.24) is 10.3 Å². The van der Waals surface area contributed by atoms with Crippen molar-refractivity contribution in [3.8, 4) is 11.1 Å². The first-order valence-corrected chi connectivity index (χ1v) is 15.3. The quantitative estimate of drug-likeness (QED) is 0.240. The molecular formula is C33H38N2O4S. The Hall–Kier alpha value is -3.42. The van der Waals surface area contributed by atoms with Gasteiger partial charge in [-0.3, -0.25) is 9.78 Å². The first kappa shape index (κ1) is 29.6. The van der Waals surface area contributed by atoms with Crippen LogP contribution in [0.25, 0.3) is 23.3 Å². The minimum Gasteiger partial charge on any atom is -0.480 e. The van der Waals surface area contributed by atoms with Gasteiger partial charge in [-0.05, 0) is 95.7 Å². The molecule has 7 heteroatoms. The van der Waals surface area contributed by atoms with Crippen LogP contribution in [0.4, 0.5) is 0 Å². The molecule has 210 valence electrons. The normalized spacial score (nSPS) is 15.6. The Kier molecular flexibility index (Phi) is 10.6. The fourth-order valence-electron chi connectivity index (χ4n) is 5.41. The van der Waals surface area contributed by atoms with Gasteiger partial charge in [0.25, 0.3) is 5.91 Å². The molecule has 0 radical (unpaired) electrons. The number of aryl methyl sites for hydroxylation is 1. The molecule has 1 amide bonds. The van der Waals surface area contributed by atoms with E-state index in [2.05, 4.69) is 10.3 Å². The van der Waals surface area contributed by atoms with Gasteiger partial charge in [-0.15, -0.1) is 0 Å². The molecule has 6 nitrogen and oxygen atoms in total. The number of aliphatic carboxylic acids is 1. The molecule has 0 saturated heterocycles. The van der Waals surface area contributed by atoms with E-state index in [1.54, 1.807) is 30.2 Å². The van der Waals surface area contributed by atoms with Crippen LogP contribution < -0.4 is 5.32 Å². The summed E-state index contributed by atoms with van der Waals surface area (Å²) < 4.78 is 0. The molecule has 1 fully saturated rings. The number of carboxylic acid groups (broad SMARTS) is 1. The molecule has 40 heavy (non-hydrogen) atoms. The molecule has 2 atom stereocenters. The number of carboxylic acids is 1. The zero-order valence-corrected chi connectivity index (χ0v) is 24.0. The topological polar surface area (TPSA) is 99.5 Å². The van der Waals surface area contributed by atoms with Crippen LogP contribution in [0.3, 0.4) is 0 Å². The minimum absolute atomic E-state index is 0.263. The second kappa shape index (κ2) is 14.3. The van der Waals surface area contributed by atoms with Gasteiger partial charge in [-0.2, -0.15) is 11.8 Å². The number of nitrogens with zero attached hydrogens (tertiary/aromatic N) is 1. The Morgan fingerprint density at radius 3 is 2.58 bits per heavy atom.